The van der Waals surface area contributed by atoms with Gasteiger partial charge in [0, 0.05) is 10.7 Å². The van der Waals surface area contributed by atoms with Gasteiger partial charge in [0.25, 0.3) is 5.91 Å². The summed E-state index contributed by atoms with van der Waals surface area (Å²) in [5, 5.41) is 3.32. The molecule has 5 nitrogen and oxygen atoms in total. The molecule has 0 saturated heterocycles. The highest BCUT2D eigenvalue weighted by Crippen LogP contribution is 2.25. The zero-order valence-corrected chi connectivity index (χ0v) is 15.9. The molecule has 0 saturated carbocycles. The zero-order chi connectivity index (χ0) is 19.1. The zero-order valence-electron chi connectivity index (χ0n) is 15.1. The number of carbonyl (C=O) groups excluding carboxylic acids is 2. The number of rotatable bonds is 7. The van der Waals surface area contributed by atoms with E-state index in [1.165, 1.54) is 19.2 Å². The van der Waals surface area contributed by atoms with E-state index in [1.54, 1.807) is 6.07 Å². The summed E-state index contributed by atoms with van der Waals surface area (Å²) in [6.07, 6.45) is 1.62. The summed E-state index contributed by atoms with van der Waals surface area (Å²) in [7, 11) is 1.28. The van der Waals surface area contributed by atoms with Crippen LogP contribution in [0.4, 0.5) is 5.69 Å². The van der Waals surface area contributed by atoms with Crippen molar-refractivity contribution >= 4 is 29.2 Å². The largest absolute Gasteiger partial charge is 0.483 e. The SMILES string of the molecule is CCc1cccc(CC)c1NC(=O)COc1cc(Cl)ccc1C(=O)OC. The minimum atomic E-state index is -0.554. The number of carbonyl (C=O) groups is 2. The van der Waals surface area contributed by atoms with Gasteiger partial charge in [-0.3, -0.25) is 4.79 Å². The van der Waals surface area contributed by atoms with E-state index in [2.05, 4.69) is 5.32 Å². The molecule has 0 aliphatic carbocycles. The predicted octanol–water partition coefficient (Wildman–Crippen LogP) is 4.27. The number of nitrogens with one attached hydrogen (secondary N) is 1. The Morgan fingerprint density at radius 2 is 1.73 bits per heavy atom. The van der Waals surface area contributed by atoms with Crippen LogP contribution in [0.5, 0.6) is 5.75 Å². The molecule has 138 valence electrons. The molecule has 0 spiro atoms. The molecule has 26 heavy (non-hydrogen) atoms. The van der Waals surface area contributed by atoms with Crippen molar-refractivity contribution in [2.75, 3.05) is 19.0 Å². The van der Waals surface area contributed by atoms with Crippen molar-refractivity contribution in [3.8, 4) is 5.75 Å². The number of methoxy groups -OCH3 is 1. The molecule has 2 aromatic rings. The fraction of sp³-hybridized carbons (Fsp3) is 0.300. The molecule has 0 atom stereocenters. The molecule has 0 fully saturated rings. The van der Waals surface area contributed by atoms with Gasteiger partial charge in [-0.15, -0.1) is 0 Å². The smallest absolute Gasteiger partial charge is 0.341 e. The molecule has 0 aliphatic heterocycles. The Hall–Kier alpha value is -2.53. The van der Waals surface area contributed by atoms with Crippen molar-refractivity contribution in [3.05, 3.63) is 58.1 Å². The van der Waals surface area contributed by atoms with Crippen molar-refractivity contribution in [1.29, 1.82) is 0 Å². The molecule has 6 heteroatoms. The first kappa shape index (κ1) is 19.8. The molecule has 0 aliphatic rings. The molecule has 1 amide bonds. The van der Waals surface area contributed by atoms with Gasteiger partial charge in [0.1, 0.15) is 11.3 Å². The third-order valence-electron chi connectivity index (χ3n) is 3.97. The number of esters is 1. The van der Waals surface area contributed by atoms with Gasteiger partial charge >= 0.3 is 5.97 Å². The summed E-state index contributed by atoms with van der Waals surface area (Å²) in [6.45, 7) is 3.83. The van der Waals surface area contributed by atoms with Crippen LogP contribution in [0.15, 0.2) is 36.4 Å². The number of amides is 1. The molecule has 0 bridgehead atoms. The van der Waals surface area contributed by atoms with Crippen LogP contribution in [0, 0.1) is 0 Å². The maximum atomic E-state index is 12.4. The Kier molecular flexibility index (Phi) is 7.04. The standard InChI is InChI=1S/C20H22ClNO4/c1-4-13-7-6-8-14(5-2)19(13)22-18(23)12-26-17-11-15(21)9-10-16(17)20(24)25-3/h6-11H,4-5,12H2,1-3H3,(H,22,23). The molecule has 0 heterocycles. The molecular weight excluding hydrogens is 354 g/mol. The Bertz CT molecular complexity index is 782. The summed E-state index contributed by atoms with van der Waals surface area (Å²) >= 11 is 5.96. The maximum Gasteiger partial charge on any atom is 0.341 e. The van der Waals surface area contributed by atoms with E-state index in [-0.39, 0.29) is 23.8 Å². The van der Waals surface area contributed by atoms with Gasteiger partial charge in [0.05, 0.1) is 7.11 Å². The highest BCUT2D eigenvalue weighted by atomic mass is 35.5. The first-order chi connectivity index (χ1) is 12.5. The normalized spacial score (nSPS) is 10.3. The average molecular weight is 376 g/mol. The van der Waals surface area contributed by atoms with Crippen LogP contribution in [-0.2, 0) is 22.4 Å². The van der Waals surface area contributed by atoms with E-state index in [1.807, 2.05) is 32.0 Å². The highest BCUT2D eigenvalue weighted by molar-refractivity contribution is 6.30. The minimum absolute atomic E-state index is 0.207. The topological polar surface area (TPSA) is 64.6 Å². The lowest BCUT2D eigenvalue weighted by molar-refractivity contribution is -0.118. The summed E-state index contributed by atoms with van der Waals surface area (Å²) in [6, 6.07) is 10.5. The first-order valence-electron chi connectivity index (χ1n) is 8.41. The summed E-state index contributed by atoms with van der Waals surface area (Å²) in [4.78, 5) is 24.2. The maximum absolute atomic E-state index is 12.4. The fourth-order valence-corrected chi connectivity index (χ4v) is 2.78. The lowest BCUT2D eigenvalue weighted by Crippen LogP contribution is -2.22. The molecular formula is C20H22ClNO4. The fourth-order valence-electron chi connectivity index (χ4n) is 2.62. The van der Waals surface area contributed by atoms with Crippen molar-refractivity contribution < 1.29 is 19.1 Å². The Morgan fingerprint density at radius 1 is 1.08 bits per heavy atom. The lowest BCUT2D eigenvalue weighted by Gasteiger charge is -2.15. The molecule has 0 radical (unpaired) electrons. The second-order valence-electron chi connectivity index (χ2n) is 5.63. The van der Waals surface area contributed by atoms with Crippen molar-refractivity contribution in [1.82, 2.24) is 0 Å². The van der Waals surface area contributed by atoms with E-state index in [0.29, 0.717) is 5.02 Å². The van der Waals surface area contributed by atoms with Crippen LogP contribution >= 0.6 is 11.6 Å². The number of halogens is 1. The van der Waals surface area contributed by atoms with Crippen LogP contribution in [0.1, 0.15) is 35.3 Å². The van der Waals surface area contributed by atoms with Crippen LogP contribution in [0.2, 0.25) is 5.02 Å². The van der Waals surface area contributed by atoms with Crippen molar-refractivity contribution in [2.45, 2.75) is 26.7 Å². The first-order valence-corrected chi connectivity index (χ1v) is 8.79. The van der Waals surface area contributed by atoms with Crippen molar-refractivity contribution in [2.24, 2.45) is 0 Å². The van der Waals surface area contributed by atoms with Gasteiger partial charge in [0.2, 0.25) is 0 Å². The summed E-state index contributed by atoms with van der Waals surface area (Å²) in [5.41, 5.74) is 3.17. The molecule has 0 aromatic heterocycles. The van der Waals surface area contributed by atoms with Crippen LogP contribution < -0.4 is 10.1 Å². The second-order valence-corrected chi connectivity index (χ2v) is 6.06. The van der Waals surface area contributed by atoms with Gasteiger partial charge < -0.3 is 14.8 Å². The number of benzene rings is 2. The molecule has 2 aromatic carbocycles. The number of para-hydroxylation sites is 1. The van der Waals surface area contributed by atoms with E-state index >= 15 is 0 Å². The number of hydrogen-bond donors (Lipinski definition) is 1. The van der Waals surface area contributed by atoms with E-state index in [0.717, 1.165) is 29.7 Å². The number of aryl methyl sites for hydroxylation is 2. The van der Waals surface area contributed by atoms with Crippen molar-refractivity contribution in [3.63, 3.8) is 0 Å². The molecule has 0 unspecified atom stereocenters. The Labute approximate surface area is 158 Å². The van der Waals surface area contributed by atoms with E-state index in [4.69, 9.17) is 21.1 Å². The molecule has 1 N–H and O–H groups in total. The third-order valence-corrected chi connectivity index (χ3v) is 4.21. The number of hydrogen-bond acceptors (Lipinski definition) is 4. The van der Waals surface area contributed by atoms with Gasteiger partial charge in [-0.25, -0.2) is 4.79 Å². The van der Waals surface area contributed by atoms with E-state index in [9.17, 15) is 9.59 Å². The van der Waals surface area contributed by atoms with E-state index < -0.39 is 5.97 Å². The number of anilines is 1. The summed E-state index contributed by atoms with van der Waals surface area (Å²) < 4.78 is 10.2. The van der Waals surface area contributed by atoms with Crippen LogP contribution in [0.25, 0.3) is 0 Å². The Morgan fingerprint density at radius 3 is 2.31 bits per heavy atom. The summed E-state index contributed by atoms with van der Waals surface area (Å²) in [5.74, 6) is -0.656. The van der Waals surface area contributed by atoms with Crippen LogP contribution in [0.3, 0.4) is 0 Å². The second kappa shape index (κ2) is 9.25. The predicted molar refractivity (Wildman–Crippen MR) is 102 cm³/mol. The highest BCUT2D eigenvalue weighted by Gasteiger charge is 2.16. The van der Waals surface area contributed by atoms with Crippen LogP contribution in [-0.4, -0.2) is 25.6 Å². The average Bonchev–Trinajstić information content (AvgIpc) is 2.66. The molecule has 2 rings (SSSR count). The third kappa shape index (κ3) is 4.76. The minimum Gasteiger partial charge on any atom is -0.483 e. The van der Waals surface area contributed by atoms with Gasteiger partial charge in [-0.2, -0.15) is 0 Å². The number of ether oxygens (including phenoxy) is 2. The quantitative estimate of drug-likeness (QED) is 0.734. The monoisotopic (exact) mass is 375 g/mol. The van der Waals surface area contributed by atoms with Gasteiger partial charge in [0.15, 0.2) is 6.61 Å². The van der Waals surface area contributed by atoms with Gasteiger partial charge in [-0.1, -0.05) is 43.6 Å². The van der Waals surface area contributed by atoms with Gasteiger partial charge in [-0.05, 0) is 42.2 Å². The lowest BCUT2D eigenvalue weighted by atomic mass is 10.0. The Balaban J connectivity index is 2.13.